The SMILES string of the molecule is Nc1nc(Oc2ccc3ccccc3c2)nc2ccccc12. The van der Waals surface area contributed by atoms with Crippen LogP contribution in [0.25, 0.3) is 21.7 Å². The molecular weight excluding hydrogens is 274 g/mol. The van der Waals surface area contributed by atoms with E-state index >= 15 is 0 Å². The molecule has 0 spiro atoms. The standard InChI is InChI=1S/C18H13N3O/c19-17-15-7-3-4-8-16(15)20-18(21-17)22-14-10-9-12-5-1-2-6-13(12)11-14/h1-11H,(H2,19,20,21). The minimum absolute atomic E-state index is 0.256. The number of benzene rings is 3. The number of nitrogen functional groups attached to an aromatic ring is 1. The Balaban J connectivity index is 1.75. The average Bonchev–Trinajstić information content (AvgIpc) is 2.55. The van der Waals surface area contributed by atoms with Gasteiger partial charge in [0, 0.05) is 5.39 Å². The molecule has 106 valence electrons. The second-order valence-corrected chi connectivity index (χ2v) is 5.02. The second-order valence-electron chi connectivity index (χ2n) is 5.02. The molecule has 0 amide bonds. The fraction of sp³-hybridized carbons (Fsp3) is 0. The van der Waals surface area contributed by atoms with Gasteiger partial charge in [-0.05, 0) is 35.0 Å². The Kier molecular flexibility index (Phi) is 2.86. The summed E-state index contributed by atoms with van der Waals surface area (Å²) in [6, 6.07) is 21.8. The van der Waals surface area contributed by atoms with Crippen molar-refractivity contribution >= 4 is 27.5 Å². The largest absolute Gasteiger partial charge is 0.424 e. The highest BCUT2D eigenvalue weighted by atomic mass is 16.5. The molecule has 0 aliphatic rings. The Hall–Kier alpha value is -3.14. The number of ether oxygens (including phenoxy) is 1. The molecule has 0 aliphatic carbocycles. The van der Waals surface area contributed by atoms with E-state index in [0.29, 0.717) is 11.6 Å². The van der Waals surface area contributed by atoms with Gasteiger partial charge in [-0.15, -0.1) is 0 Å². The highest BCUT2D eigenvalue weighted by molar-refractivity contribution is 5.88. The first kappa shape index (κ1) is 12.6. The molecule has 0 radical (unpaired) electrons. The quantitative estimate of drug-likeness (QED) is 0.601. The third-order valence-electron chi connectivity index (χ3n) is 3.54. The van der Waals surface area contributed by atoms with E-state index in [9.17, 15) is 0 Å². The van der Waals surface area contributed by atoms with E-state index < -0.39 is 0 Å². The van der Waals surface area contributed by atoms with Gasteiger partial charge in [0.25, 0.3) is 0 Å². The van der Waals surface area contributed by atoms with Gasteiger partial charge in [0.15, 0.2) is 0 Å². The molecule has 0 unspecified atom stereocenters. The third kappa shape index (κ3) is 2.20. The summed E-state index contributed by atoms with van der Waals surface area (Å²) >= 11 is 0. The van der Waals surface area contributed by atoms with E-state index in [1.165, 1.54) is 0 Å². The summed E-state index contributed by atoms with van der Waals surface area (Å²) in [5, 5.41) is 3.09. The van der Waals surface area contributed by atoms with Crippen molar-refractivity contribution in [2.24, 2.45) is 0 Å². The minimum atomic E-state index is 0.256. The predicted octanol–water partition coefficient (Wildman–Crippen LogP) is 4.16. The molecule has 4 rings (SSSR count). The van der Waals surface area contributed by atoms with Crippen LogP contribution in [0.1, 0.15) is 0 Å². The summed E-state index contributed by atoms with van der Waals surface area (Å²) in [4.78, 5) is 8.62. The van der Waals surface area contributed by atoms with Crippen LogP contribution >= 0.6 is 0 Å². The van der Waals surface area contributed by atoms with Crippen molar-refractivity contribution in [3.63, 3.8) is 0 Å². The van der Waals surface area contributed by atoms with Gasteiger partial charge in [-0.3, -0.25) is 0 Å². The highest BCUT2D eigenvalue weighted by Crippen LogP contribution is 2.26. The van der Waals surface area contributed by atoms with Crippen LogP contribution in [0, 0.1) is 0 Å². The van der Waals surface area contributed by atoms with Gasteiger partial charge < -0.3 is 10.5 Å². The predicted molar refractivity (Wildman–Crippen MR) is 88.0 cm³/mol. The molecule has 4 aromatic rings. The molecule has 1 heterocycles. The molecule has 0 fully saturated rings. The number of nitrogens with two attached hydrogens (primary N) is 1. The Morgan fingerprint density at radius 3 is 2.45 bits per heavy atom. The average molecular weight is 287 g/mol. The number of hydrogen-bond donors (Lipinski definition) is 1. The van der Waals surface area contributed by atoms with Gasteiger partial charge in [-0.1, -0.05) is 42.5 Å². The number of aromatic nitrogens is 2. The molecular formula is C18H13N3O. The Bertz CT molecular complexity index is 982. The molecule has 4 heteroatoms. The Morgan fingerprint density at radius 1 is 0.773 bits per heavy atom. The van der Waals surface area contributed by atoms with Crippen molar-refractivity contribution in [1.29, 1.82) is 0 Å². The molecule has 3 aromatic carbocycles. The molecule has 0 bridgehead atoms. The summed E-state index contributed by atoms with van der Waals surface area (Å²) in [5.41, 5.74) is 6.74. The van der Waals surface area contributed by atoms with Crippen LogP contribution in [-0.2, 0) is 0 Å². The van der Waals surface area contributed by atoms with Gasteiger partial charge in [0.05, 0.1) is 5.52 Å². The zero-order valence-corrected chi connectivity index (χ0v) is 11.7. The topological polar surface area (TPSA) is 61.0 Å². The molecule has 22 heavy (non-hydrogen) atoms. The van der Waals surface area contributed by atoms with Gasteiger partial charge in [-0.25, -0.2) is 0 Å². The van der Waals surface area contributed by atoms with Crippen molar-refractivity contribution < 1.29 is 4.74 Å². The van der Waals surface area contributed by atoms with Gasteiger partial charge in [0.1, 0.15) is 11.6 Å². The monoisotopic (exact) mass is 287 g/mol. The van der Waals surface area contributed by atoms with Crippen molar-refractivity contribution in [2.75, 3.05) is 5.73 Å². The van der Waals surface area contributed by atoms with E-state index in [4.69, 9.17) is 10.5 Å². The van der Waals surface area contributed by atoms with Gasteiger partial charge in [0.2, 0.25) is 0 Å². The van der Waals surface area contributed by atoms with Crippen LogP contribution in [0.15, 0.2) is 66.7 Å². The lowest BCUT2D eigenvalue weighted by Gasteiger charge is -2.07. The number of para-hydroxylation sites is 1. The fourth-order valence-electron chi connectivity index (χ4n) is 2.46. The van der Waals surface area contributed by atoms with Crippen LogP contribution in [0.2, 0.25) is 0 Å². The summed E-state index contributed by atoms with van der Waals surface area (Å²) < 4.78 is 5.77. The first-order valence-corrected chi connectivity index (χ1v) is 6.98. The van der Waals surface area contributed by atoms with Crippen LogP contribution in [0.3, 0.4) is 0 Å². The summed E-state index contributed by atoms with van der Waals surface area (Å²) in [5.74, 6) is 1.11. The maximum Gasteiger partial charge on any atom is 0.324 e. The number of rotatable bonds is 2. The molecule has 1 aromatic heterocycles. The molecule has 4 nitrogen and oxygen atoms in total. The van der Waals surface area contributed by atoms with Crippen molar-refractivity contribution in [1.82, 2.24) is 9.97 Å². The molecule has 0 saturated carbocycles. The number of hydrogen-bond acceptors (Lipinski definition) is 4. The lowest BCUT2D eigenvalue weighted by Crippen LogP contribution is -1.98. The van der Waals surface area contributed by atoms with Crippen molar-refractivity contribution in [3.05, 3.63) is 66.7 Å². The summed E-state index contributed by atoms with van der Waals surface area (Å²) in [6.07, 6.45) is 0. The normalized spacial score (nSPS) is 10.9. The van der Waals surface area contributed by atoms with E-state index in [1.807, 2.05) is 60.7 Å². The van der Waals surface area contributed by atoms with Crippen LogP contribution in [0.5, 0.6) is 11.8 Å². The van der Waals surface area contributed by atoms with Crippen LogP contribution in [-0.4, -0.2) is 9.97 Å². The van der Waals surface area contributed by atoms with E-state index in [2.05, 4.69) is 16.0 Å². The molecule has 0 saturated heterocycles. The summed E-state index contributed by atoms with van der Waals surface area (Å²) in [6.45, 7) is 0. The van der Waals surface area contributed by atoms with Gasteiger partial charge in [-0.2, -0.15) is 9.97 Å². The van der Waals surface area contributed by atoms with Crippen molar-refractivity contribution in [3.8, 4) is 11.8 Å². The maximum absolute atomic E-state index is 5.97. The molecule has 0 aliphatic heterocycles. The lowest BCUT2D eigenvalue weighted by molar-refractivity contribution is 0.446. The second kappa shape index (κ2) is 5.00. The smallest absolute Gasteiger partial charge is 0.324 e. The third-order valence-corrected chi connectivity index (χ3v) is 3.54. The van der Waals surface area contributed by atoms with Gasteiger partial charge >= 0.3 is 6.01 Å². The first-order valence-electron chi connectivity index (χ1n) is 6.98. The minimum Gasteiger partial charge on any atom is -0.424 e. The van der Waals surface area contributed by atoms with Crippen molar-refractivity contribution in [2.45, 2.75) is 0 Å². The van der Waals surface area contributed by atoms with Crippen LogP contribution < -0.4 is 10.5 Å². The summed E-state index contributed by atoms with van der Waals surface area (Å²) in [7, 11) is 0. The number of anilines is 1. The van der Waals surface area contributed by atoms with E-state index in [-0.39, 0.29) is 6.01 Å². The zero-order chi connectivity index (χ0) is 14.9. The molecule has 2 N–H and O–H groups in total. The fourth-order valence-corrected chi connectivity index (χ4v) is 2.46. The van der Waals surface area contributed by atoms with E-state index in [0.717, 1.165) is 21.7 Å². The number of nitrogens with zero attached hydrogens (tertiary/aromatic N) is 2. The Labute approximate surface area is 127 Å². The first-order chi connectivity index (χ1) is 10.8. The Morgan fingerprint density at radius 2 is 1.55 bits per heavy atom. The highest BCUT2D eigenvalue weighted by Gasteiger charge is 2.07. The number of fused-ring (bicyclic) bond motifs is 2. The van der Waals surface area contributed by atoms with E-state index in [1.54, 1.807) is 0 Å². The van der Waals surface area contributed by atoms with Crippen LogP contribution in [0.4, 0.5) is 5.82 Å². The lowest BCUT2D eigenvalue weighted by atomic mass is 10.1. The molecule has 0 atom stereocenters. The zero-order valence-electron chi connectivity index (χ0n) is 11.7. The maximum atomic E-state index is 5.97.